The summed E-state index contributed by atoms with van der Waals surface area (Å²) in [7, 11) is 1.86. The van der Waals surface area contributed by atoms with E-state index >= 15 is 0 Å². The SMILES string of the molecule is Cn1cc(-c2csc(NC(=O)C3CCc4ncncc4C3)n2)cn1. The van der Waals surface area contributed by atoms with Gasteiger partial charge in [-0.2, -0.15) is 5.10 Å². The van der Waals surface area contributed by atoms with Gasteiger partial charge in [0.2, 0.25) is 5.91 Å². The predicted molar refractivity (Wildman–Crippen MR) is 90.5 cm³/mol. The van der Waals surface area contributed by atoms with Crippen molar-refractivity contribution in [1.82, 2.24) is 24.7 Å². The van der Waals surface area contributed by atoms with Crippen molar-refractivity contribution < 1.29 is 4.79 Å². The first-order valence-electron chi connectivity index (χ1n) is 7.72. The molecule has 0 spiro atoms. The molecule has 0 radical (unpaired) electrons. The summed E-state index contributed by atoms with van der Waals surface area (Å²) in [4.78, 5) is 25.3. The number of nitrogens with one attached hydrogen (secondary N) is 1. The van der Waals surface area contributed by atoms with Crippen molar-refractivity contribution in [1.29, 1.82) is 0 Å². The highest BCUT2D eigenvalue weighted by Crippen LogP contribution is 2.27. The molecule has 24 heavy (non-hydrogen) atoms. The van der Waals surface area contributed by atoms with Gasteiger partial charge in [0, 0.05) is 42.0 Å². The number of fused-ring (bicyclic) bond motifs is 1. The maximum atomic E-state index is 12.5. The highest BCUT2D eigenvalue weighted by atomic mass is 32.1. The summed E-state index contributed by atoms with van der Waals surface area (Å²) < 4.78 is 1.73. The monoisotopic (exact) mass is 340 g/mol. The van der Waals surface area contributed by atoms with Crippen LogP contribution in [0.5, 0.6) is 0 Å². The van der Waals surface area contributed by atoms with Crippen LogP contribution in [-0.4, -0.2) is 30.6 Å². The molecule has 0 aromatic carbocycles. The van der Waals surface area contributed by atoms with E-state index < -0.39 is 0 Å². The van der Waals surface area contributed by atoms with Crippen molar-refractivity contribution in [3.05, 3.63) is 41.6 Å². The van der Waals surface area contributed by atoms with Crippen LogP contribution in [0.3, 0.4) is 0 Å². The van der Waals surface area contributed by atoms with E-state index in [-0.39, 0.29) is 11.8 Å². The molecule has 0 saturated carbocycles. The van der Waals surface area contributed by atoms with E-state index in [1.165, 1.54) is 11.3 Å². The van der Waals surface area contributed by atoms with E-state index in [1.807, 2.05) is 24.8 Å². The van der Waals surface area contributed by atoms with Crippen molar-refractivity contribution >= 4 is 22.4 Å². The molecule has 1 aliphatic rings. The van der Waals surface area contributed by atoms with Crippen LogP contribution < -0.4 is 5.32 Å². The second-order valence-electron chi connectivity index (χ2n) is 5.86. The molecule has 1 amide bonds. The van der Waals surface area contributed by atoms with Gasteiger partial charge in [0.15, 0.2) is 5.13 Å². The Morgan fingerprint density at radius 3 is 3.17 bits per heavy atom. The third-order valence-corrected chi connectivity index (χ3v) is 4.94. The standard InChI is InChI=1S/C16H16N6OS/c1-22-7-12(6-19-22)14-8-24-16(20-14)21-15(23)10-2-3-13-11(4-10)5-17-9-18-13/h5-10H,2-4H2,1H3,(H,20,21,23). The number of anilines is 1. The maximum absolute atomic E-state index is 12.5. The minimum absolute atomic E-state index is 0.0107. The van der Waals surface area contributed by atoms with E-state index in [0.717, 1.165) is 35.4 Å². The molecule has 1 aliphatic carbocycles. The summed E-state index contributed by atoms with van der Waals surface area (Å²) in [5, 5.41) is 9.63. The zero-order valence-electron chi connectivity index (χ0n) is 13.1. The number of hydrogen-bond acceptors (Lipinski definition) is 6. The van der Waals surface area contributed by atoms with Gasteiger partial charge in [0.25, 0.3) is 0 Å². The summed E-state index contributed by atoms with van der Waals surface area (Å²) in [6, 6.07) is 0. The molecule has 0 bridgehead atoms. The van der Waals surface area contributed by atoms with Gasteiger partial charge >= 0.3 is 0 Å². The van der Waals surface area contributed by atoms with Crippen LogP contribution in [-0.2, 0) is 24.7 Å². The van der Waals surface area contributed by atoms with Crippen LogP contribution in [0.15, 0.2) is 30.3 Å². The minimum atomic E-state index is -0.0609. The zero-order valence-corrected chi connectivity index (χ0v) is 14.0. The molecular weight excluding hydrogens is 324 g/mol. The molecule has 7 nitrogen and oxygen atoms in total. The number of hydrogen-bond donors (Lipinski definition) is 1. The molecule has 0 saturated heterocycles. The summed E-state index contributed by atoms with van der Waals surface area (Å²) in [5.41, 5.74) is 3.89. The third-order valence-electron chi connectivity index (χ3n) is 4.18. The molecule has 8 heteroatoms. The van der Waals surface area contributed by atoms with Gasteiger partial charge < -0.3 is 5.32 Å². The van der Waals surface area contributed by atoms with Gasteiger partial charge in [-0.15, -0.1) is 11.3 Å². The second kappa shape index (κ2) is 6.12. The first-order chi connectivity index (χ1) is 11.7. The van der Waals surface area contributed by atoms with E-state index in [1.54, 1.807) is 17.2 Å². The van der Waals surface area contributed by atoms with Crippen LogP contribution in [0.2, 0.25) is 0 Å². The molecule has 3 aromatic rings. The average Bonchev–Trinajstić information content (AvgIpc) is 3.23. The van der Waals surface area contributed by atoms with Gasteiger partial charge in [0.05, 0.1) is 11.9 Å². The number of aryl methyl sites for hydroxylation is 2. The third kappa shape index (κ3) is 2.92. The van der Waals surface area contributed by atoms with Crippen LogP contribution in [0.4, 0.5) is 5.13 Å². The minimum Gasteiger partial charge on any atom is -0.302 e. The lowest BCUT2D eigenvalue weighted by molar-refractivity contribution is -0.120. The average molecular weight is 340 g/mol. The molecule has 3 heterocycles. The molecule has 0 aliphatic heterocycles. The Morgan fingerprint density at radius 2 is 2.33 bits per heavy atom. The maximum Gasteiger partial charge on any atom is 0.229 e. The van der Waals surface area contributed by atoms with Crippen molar-refractivity contribution in [2.75, 3.05) is 5.32 Å². The Labute approximate surface area is 142 Å². The number of nitrogens with zero attached hydrogens (tertiary/aromatic N) is 5. The van der Waals surface area contributed by atoms with Crippen LogP contribution >= 0.6 is 11.3 Å². The lowest BCUT2D eigenvalue weighted by Gasteiger charge is -2.21. The Morgan fingerprint density at radius 1 is 1.42 bits per heavy atom. The number of thiazole rings is 1. The van der Waals surface area contributed by atoms with Crippen molar-refractivity contribution in [3.8, 4) is 11.3 Å². The molecule has 1 N–H and O–H groups in total. The molecule has 4 rings (SSSR count). The van der Waals surface area contributed by atoms with Gasteiger partial charge in [-0.1, -0.05) is 0 Å². The molecule has 122 valence electrons. The summed E-state index contributed by atoms with van der Waals surface area (Å²) in [6.45, 7) is 0. The molecule has 1 atom stereocenters. The summed E-state index contributed by atoms with van der Waals surface area (Å²) in [5.74, 6) is -0.0502. The van der Waals surface area contributed by atoms with Crippen LogP contribution in [0.1, 0.15) is 17.7 Å². The van der Waals surface area contributed by atoms with E-state index in [2.05, 4.69) is 25.4 Å². The molecule has 3 aromatic heterocycles. The van der Waals surface area contributed by atoms with Gasteiger partial charge in [-0.25, -0.2) is 15.0 Å². The lowest BCUT2D eigenvalue weighted by atomic mass is 9.87. The fourth-order valence-corrected chi connectivity index (χ4v) is 3.63. The fraction of sp³-hybridized carbons (Fsp3) is 0.312. The molecule has 1 unspecified atom stereocenters. The topological polar surface area (TPSA) is 85.6 Å². The van der Waals surface area contributed by atoms with Crippen molar-refractivity contribution in [3.63, 3.8) is 0 Å². The molecule has 0 fully saturated rings. The fourth-order valence-electron chi connectivity index (χ4n) is 2.91. The summed E-state index contributed by atoms with van der Waals surface area (Å²) >= 11 is 1.43. The number of aromatic nitrogens is 5. The number of amides is 1. The predicted octanol–water partition coefficient (Wildman–Crippen LogP) is 2.08. The first kappa shape index (κ1) is 14.9. The lowest BCUT2D eigenvalue weighted by Crippen LogP contribution is -2.28. The Bertz CT molecular complexity index is 886. The van der Waals surface area contributed by atoms with Crippen molar-refractivity contribution in [2.45, 2.75) is 19.3 Å². The highest BCUT2D eigenvalue weighted by Gasteiger charge is 2.26. The molecular formula is C16H16N6OS. The second-order valence-corrected chi connectivity index (χ2v) is 6.72. The first-order valence-corrected chi connectivity index (χ1v) is 8.60. The normalized spacial score (nSPS) is 16.6. The quantitative estimate of drug-likeness (QED) is 0.789. The van der Waals surface area contributed by atoms with E-state index in [9.17, 15) is 4.79 Å². The number of carbonyl (C=O) groups excluding carboxylic acids is 1. The highest BCUT2D eigenvalue weighted by molar-refractivity contribution is 7.14. The van der Waals surface area contributed by atoms with E-state index in [4.69, 9.17) is 0 Å². The van der Waals surface area contributed by atoms with Crippen molar-refractivity contribution in [2.24, 2.45) is 13.0 Å². The van der Waals surface area contributed by atoms with E-state index in [0.29, 0.717) is 11.6 Å². The smallest absolute Gasteiger partial charge is 0.229 e. The number of rotatable bonds is 3. The largest absolute Gasteiger partial charge is 0.302 e. The Hall–Kier alpha value is -2.61. The van der Waals surface area contributed by atoms with Crippen LogP contribution in [0.25, 0.3) is 11.3 Å². The Kier molecular flexibility index (Phi) is 3.81. The summed E-state index contributed by atoms with van der Waals surface area (Å²) in [6.07, 6.45) is 9.34. The Balaban J connectivity index is 1.44. The van der Waals surface area contributed by atoms with Gasteiger partial charge in [-0.3, -0.25) is 9.48 Å². The van der Waals surface area contributed by atoms with Gasteiger partial charge in [-0.05, 0) is 24.8 Å². The van der Waals surface area contributed by atoms with Gasteiger partial charge in [0.1, 0.15) is 6.33 Å². The number of carbonyl (C=O) groups is 1. The van der Waals surface area contributed by atoms with Crippen LogP contribution in [0, 0.1) is 5.92 Å². The zero-order chi connectivity index (χ0) is 16.5.